The number of aliphatic imine (C=N–C) groups is 1. The first-order chi connectivity index (χ1) is 14.2. The molecule has 2 aliphatic rings. The van der Waals surface area contributed by atoms with Crippen LogP contribution in [-0.2, 0) is 6.54 Å². The van der Waals surface area contributed by atoms with Crippen LogP contribution in [0.4, 0.5) is 0 Å². The maximum Gasteiger partial charge on any atom is 0.251 e. The van der Waals surface area contributed by atoms with Crippen LogP contribution >= 0.6 is 24.0 Å². The van der Waals surface area contributed by atoms with Crippen molar-refractivity contribution in [2.45, 2.75) is 63.5 Å². The summed E-state index contributed by atoms with van der Waals surface area (Å²) >= 11 is 0. The highest BCUT2D eigenvalue weighted by Crippen LogP contribution is 2.35. The van der Waals surface area contributed by atoms with Gasteiger partial charge in [-0.05, 0) is 56.5 Å². The molecule has 168 valence electrons. The van der Waals surface area contributed by atoms with Crippen molar-refractivity contribution in [2.75, 3.05) is 33.7 Å². The number of piperidine rings is 1. The molecule has 1 aromatic carbocycles. The number of nitrogens with zero attached hydrogens (tertiary/aromatic N) is 2. The predicted molar refractivity (Wildman–Crippen MR) is 135 cm³/mol. The third-order valence-corrected chi connectivity index (χ3v) is 6.52. The van der Waals surface area contributed by atoms with Crippen LogP contribution in [-0.4, -0.2) is 56.0 Å². The number of amides is 1. The third kappa shape index (κ3) is 6.57. The summed E-state index contributed by atoms with van der Waals surface area (Å²) in [6, 6.07) is 7.70. The van der Waals surface area contributed by atoms with Gasteiger partial charge in [0.2, 0.25) is 0 Å². The maximum atomic E-state index is 11.7. The van der Waals surface area contributed by atoms with E-state index in [4.69, 9.17) is 0 Å². The second-order valence-electron chi connectivity index (χ2n) is 8.39. The van der Waals surface area contributed by atoms with E-state index in [1.807, 2.05) is 31.3 Å². The van der Waals surface area contributed by atoms with Crippen molar-refractivity contribution in [2.24, 2.45) is 4.99 Å². The molecule has 30 heavy (non-hydrogen) atoms. The van der Waals surface area contributed by atoms with E-state index in [1.54, 1.807) is 7.05 Å². The quantitative estimate of drug-likeness (QED) is 0.301. The molecule has 1 heterocycles. The second-order valence-corrected chi connectivity index (χ2v) is 8.39. The Bertz CT molecular complexity index is 679. The lowest BCUT2D eigenvalue weighted by molar-refractivity contribution is 0.0368. The van der Waals surface area contributed by atoms with Crippen LogP contribution in [0.2, 0.25) is 0 Å². The number of carbonyl (C=O) groups is 1. The van der Waals surface area contributed by atoms with Gasteiger partial charge in [0.1, 0.15) is 0 Å². The summed E-state index contributed by atoms with van der Waals surface area (Å²) < 4.78 is 0. The molecule has 1 aliphatic heterocycles. The molecule has 6 nitrogen and oxygen atoms in total. The van der Waals surface area contributed by atoms with Crippen LogP contribution in [0.25, 0.3) is 0 Å². The number of likely N-dealkylation sites (tertiary alicyclic amines) is 1. The van der Waals surface area contributed by atoms with Gasteiger partial charge in [0, 0.05) is 38.3 Å². The molecule has 3 rings (SSSR count). The SMILES string of the molecule is CN=C(NCc1ccc(C(=O)NC)cc1)NCC1(N2CCCCC2)CCCCC1.I. The molecule has 1 aromatic rings. The summed E-state index contributed by atoms with van der Waals surface area (Å²) in [5.41, 5.74) is 2.09. The van der Waals surface area contributed by atoms with E-state index in [-0.39, 0.29) is 35.4 Å². The normalized spacial score (nSPS) is 19.5. The lowest BCUT2D eigenvalue weighted by Crippen LogP contribution is -2.59. The molecule has 3 N–H and O–H groups in total. The zero-order valence-corrected chi connectivity index (χ0v) is 20.8. The molecule has 7 heteroatoms. The number of hydrogen-bond acceptors (Lipinski definition) is 3. The molecule has 1 aliphatic carbocycles. The molecule has 0 spiro atoms. The van der Waals surface area contributed by atoms with Gasteiger partial charge >= 0.3 is 0 Å². The first kappa shape index (κ1) is 24.9. The second kappa shape index (κ2) is 12.5. The van der Waals surface area contributed by atoms with E-state index in [0.29, 0.717) is 12.1 Å². The van der Waals surface area contributed by atoms with E-state index in [0.717, 1.165) is 18.1 Å². The molecular weight excluding hydrogens is 489 g/mol. The van der Waals surface area contributed by atoms with Gasteiger partial charge in [-0.15, -0.1) is 24.0 Å². The Balaban J connectivity index is 0.00000320. The number of hydrogen-bond donors (Lipinski definition) is 3. The number of rotatable bonds is 6. The van der Waals surface area contributed by atoms with Crippen molar-refractivity contribution in [1.29, 1.82) is 0 Å². The number of guanidine groups is 1. The van der Waals surface area contributed by atoms with E-state index in [2.05, 4.69) is 25.8 Å². The van der Waals surface area contributed by atoms with E-state index in [9.17, 15) is 4.79 Å². The highest BCUT2D eigenvalue weighted by molar-refractivity contribution is 14.0. The van der Waals surface area contributed by atoms with Crippen molar-refractivity contribution >= 4 is 35.8 Å². The van der Waals surface area contributed by atoms with Crippen LogP contribution in [0, 0.1) is 0 Å². The van der Waals surface area contributed by atoms with Gasteiger partial charge in [0.25, 0.3) is 5.91 Å². The molecule has 0 atom stereocenters. The maximum absolute atomic E-state index is 11.7. The van der Waals surface area contributed by atoms with Crippen molar-refractivity contribution in [1.82, 2.24) is 20.9 Å². The highest BCUT2D eigenvalue weighted by Gasteiger charge is 2.38. The summed E-state index contributed by atoms with van der Waals surface area (Å²) in [5.74, 6) is 0.791. The van der Waals surface area contributed by atoms with Crippen LogP contribution in [0.5, 0.6) is 0 Å². The Kier molecular flexibility index (Phi) is 10.4. The molecular formula is C23H38IN5O. The fourth-order valence-electron chi connectivity index (χ4n) is 4.76. The smallest absolute Gasteiger partial charge is 0.251 e. The van der Waals surface area contributed by atoms with Gasteiger partial charge in [-0.3, -0.25) is 14.7 Å². The Morgan fingerprint density at radius 1 is 1.00 bits per heavy atom. The summed E-state index contributed by atoms with van der Waals surface area (Å²) in [4.78, 5) is 18.9. The summed E-state index contributed by atoms with van der Waals surface area (Å²) in [7, 11) is 3.48. The van der Waals surface area contributed by atoms with Gasteiger partial charge in [0.15, 0.2) is 5.96 Å². The Hall–Kier alpha value is -1.35. The van der Waals surface area contributed by atoms with E-state index < -0.39 is 0 Å². The Morgan fingerprint density at radius 2 is 1.63 bits per heavy atom. The first-order valence-electron chi connectivity index (χ1n) is 11.2. The lowest BCUT2D eigenvalue weighted by Gasteiger charge is -2.48. The summed E-state index contributed by atoms with van der Waals surface area (Å²) in [6.07, 6.45) is 10.7. The average Bonchev–Trinajstić information content (AvgIpc) is 2.80. The van der Waals surface area contributed by atoms with E-state index >= 15 is 0 Å². The molecule has 2 fully saturated rings. The van der Waals surface area contributed by atoms with E-state index in [1.165, 1.54) is 64.5 Å². The minimum atomic E-state index is -0.0579. The zero-order chi connectivity index (χ0) is 20.5. The number of carbonyl (C=O) groups excluding carboxylic acids is 1. The number of benzene rings is 1. The fourth-order valence-corrected chi connectivity index (χ4v) is 4.76. The number of halogens is 1. The summed E-state index contributed by atoms with van der Waals surface area (Å²) in [6.45, 7) is 4.13. The van der Waals surface area contributed by atoms with Gasteiger partial charge in [0.05, 0.1) is 0 Å². The Morgan fingerprint density at radius 3 is 2.23 bits per heavy atom. The largest absolute Gasteiger partial charge is 0.355 e. The van der Waals surface area contributed by atoms with Gasteiger partial charge in [-0.2, -0.15) is 0 Å². The standard InChI is InChI=1S/C23H37N5O.HI/c1-24-21(29)20-11-9-19(10-12-20)17-26-22(25-2)27-18-23(13-5-3-6-14-23)28-15-7-4-8-16-28;/h9-12H,3-8,13-18H2,1-2H3,(H,24,29)(H2,25,26,27);1H. The van der Waals surface area contributed by atoms with Crippen LogP contribution in [0.15, 0.2) is 29.3 Å². The zero-order valence-electron chi connectivity index (χ0n) is 18.5. The molecule has 1 saturated heterocycles. The third-order valence-electron chi connectivity index (χ3n) is 6.52. The first-order valence-corrected chi connectivity index (χ1v) is 11.2. The molecule has 0 unspecified atom stereocenters. The molecule has 1 saturated carbocycles. The fraction of sp³-hybridized carbons (Fsp3) is 0.652. The molecule has 0 aromatic heterocycles. The lowest BCUT2D eigenvalue weighted by atomic mass is 9.79. The molecule has 0 radical (unpaired) electrons. The minimum absolute atomic E-state index is 0. The topological polar surface area (TPSA) is 68.8 Å². The Labute approximate surface area is 198 Å². The van der Waals surface area contributed by atoms with Gasteiger partial charge in [-0.25, -0.2) is 0 Å². The van der Waals surface area contributed by atoms with Crippen molar-refractivity contribution in [3.8, 4) is 0 Å². The van der Waals surface area contributed by atoms with Crippen molar-refractivity contribution in [3.05, 3.63) is 35.4 Å². The van der Waals surface area contributed by atoms with Gasteiger partial charge in [-0.1, -0.05) is 37.8 Å². The highest BCUT2D eigenvalue weighted by atomic mass is 127. The van der Waals surface area contributed by atoms with Crippen LogP contribution < -0.4 is 16.0 Å². The monoisotopic (exact) mass is 527 g/mol. The van der Waals surface area contributed by atoms with Crippen LogP contribution in [0.3, 0.4) is 0 Å². The van der Waals surface area contributed by atoms with Gasteiger partial charge < -0.3 is 16.0 Å². The molecule has 0 bridgehead atoms. The average molecular weight is 527 g/mol. The summed E-state index contributed by atoms with van der Waals surface area (Å²) in [5, 5.41) is 9.70. The van der Waals surface area contributed by atoms with Crippen molar-refractivity contribution < 1.29 is 4.79 Å². The number of nitrogens with one attached hydrogen (secondary N) is 3. The molecule has 1 amide bonds. The predicted octanol–water partition coefficient (Wildman–Crippen LogP) is 3.52. The minimum Gasteiger partial charge on any atom is -0.355 e. The van der Waals surface area contributed by atoms with Crippen LogP contribution in [0.1, 0.15) is 67.3 Å². The van der Waals surface area contributed by atoms with Crippen molar-refractivity contribution in [3.63, 3.8) is 0 Å².